The minimum Gasteiger partial charge on any atom is -0.412 e. The molecular formula is C32H104O8Si3. The minimum absolute atomic E-state index is 0. The van der Waals surface area contributed by atoms with Crippen LogP contribution in [0.2, 0.25) is 75.5 Å². The summed E-state index contributed by atoms with van der Waals surface area (Å²) in [5, 5.41) is 21.0. The Kier molecular flexibility index (Phi) is 252. The molecule has 43 heavy (non-hydrogen) atoms. The van der Waals surface area contributed by atoms with Gasteiger partial charge in [-0.2, -0.15) is 0 Å². The van der Waals surface area contributed by atoms with Crippen molar-refractivity contribution in [3.63, 3.8) is 0 Å². The molecule has 0 saturated carbocycles. The van der Waals surface area contributed by atoms with E-state index in [1.54, 1.807) is 6.04 Å². The summed E-state index contributed by atoms with van der Waals surface area (Å²) >= 11 is 0. The van der Waals surface area contributed by atoms with Gasteiger partial charge in [0.15, 0.2) is 0 Å². The van der Waals surface area contributed by atoms with Gasteiger partial charge in [0.05, 0.1) is 8.07 Å². The van der Waals surface area contributed by atoms with Crippen molar-refractivity contribution in [3.05, 3.63) is 0 Å². The van der Waals surface area contributed by atoms with Gasteiger partial charge in [0.25, 0.3) is 0 Å². The van der Waals surface area contributed by atoms with Gasteiger partial charge < -0.3 is 42.7 Å². The summed E-state index contributed by atoms with van der Waals surface area (Å²) < 4.78 is 0. The second-order valence-corrected chi connectivity index (χ2v) is 26.8. The van der Waals surface area contributed by atoms with Gasteiger partial charge in [-0.3, -0.25) is 0 Å². The quantitative estimate of drug-likeness (QED) is 0.201. The predicted octanol–water partition coefficient (Wildman–Crippen LogP) is 8.67. The molecule has 0 aromatic rings. The maximum absolute atomic E-state index is 7.00. The lowest BCUT2D eigenvalue weighted by Crippen LogP contribution is -2.30. The maximum atomic E-state index is 7.00. The number of rotatable bonds is 9. The molecule has 0 unspecified atom stereocenters. The fraction of sp³-hybridized carbons (Fsp3) is 1.00. The molecule has 0 rings (SSSR count). The molecule has 0 amide bonds. The van der Waals surface area contributed by atoms with E-state index in [9.17, 15) is 0 Å². The Morgan fingerprint density at radius 2 is 0.488 bits per heavy atom. The van der Waals surface area contributed by atoms with Gasteiger partial charge in [-0.25, -0.2) is 0 Å². The molecule has 0 aliphatic carbocycles. The third-order valence-corrected chi connectivity index (χ3v) is 15.1. The highest BCUT2D eigenvalue weighted by molar-refractivity contribution is 6.79. The first-order chi connectivity index (χ1) is 15.9. The molecule has 0 aromatic heterocycles. The van der Waals surface area contributed by atoms with Crippen LogP contribution in [0.25, 0.3) is 0 Å². The van der Waals surface area contributed by atoms with Crippen molar-refractivity contribution < 1.29 is 42.7 Å². The van der Waals surface area contributed by atoms with Crippen LogP contribution < -0.4 is 0 Å². The second-order valence-electron chi connectivity index (χ2n) is 9.93. The van der Waals surface area contributed by atoms with Crippen LogP contribution in [0, 0.1) is 0 Å². The maximum Gasteiger partial charge on any atom is 0.0527 e. The summed E-state index contributed by atoms with van der Waals surface area (Å²) in [5.41, 5.74) is 0. The van der Waals surface area contributed by atoms with E-state index >= 15 is 0 Å². The lowest BCUT2D eigenvalue weighted by atomic mass is 10.6. The average molecular weight is 701 g/mol. The number of aliphatic hydroxyl groups excluding tert-OH is 3. The standard InChI is InChI=1S/C9H22Si.2C6H16Si.2C2H6.3CH4O.4CH4.5H2O/c1-5-9-10(6-2,7-3)8-4;2*1-5-6-7(2,3)4;5*1-2;;;;;;;;;/h5-9H2,1-4H3;2*5-6H2,1-4H3;2*1-2H3;3*2H,1H3;4*1H4;5*1H2. The minimum atomic E-state index is -0.717. The summed E-state index contributed by atoms with van der Waals surface area (Å²) in [6.07, 6.45) is 4.15. The van der Waals surface area contributed by atoms with Crippen LogP contribution in [0.15, 0.2) is 0 Å². The van der Waals surface area contributed by atoms with Crippen molar-refractivity contribution in [1.29, 1.82) is 0 Å². The van der Waals surface area contributed by atoms with Crippen molar-refractivity contribution in [2.24, 2.45) is 0 Å². The summed E-state index contributed by atoms with van der Waals surface area (Å²) in [4.78, 5) is 0. The van der Waals surface area contributed by atoms with E-state index in [2.05, 4.69) is 80.8 Å². The van der Waals surface area contributed by atoms with Gasteiger partial charge in [-0.1, -0.05) is 194 Å². The van der Waals surface area contributed by atoms with Crippen LogP contribution in [0.4, 0.5) is 0 Å². The Morgan fingerprint density at radius 3 is 0.512 bits per heavy atom. The predicted molar refractivity (Wildman–Crippen MR) is 221 cm³/mol. The highest BCUT2D eigenvalue weighted by Gasteiger charge is 2.24. The SMILES string of the molecule is C.C.C.C.CC.CC.CCC[Si](C)(C)C.CCC[Si](C)(C)C.CCC[Si](CC)(CC)CC.CO.CO.CO.O.O.O.O.O. The Morgan fingerprint density at radius 1 is 0.349 bits per heavy atom. The van der Waals surface area contributed by atoms with E-state index in [0.29, 0.717) is 0 Å². The molecule has 0 saturated heterocycles. The Bertz CT molecular complexity index is 252. The molecule has 0 radical (unpaired) electrons. The monoisotopic (exact) mass is 701 g/mol. The van der Waals surface area contributed by atoms with E-state index < -0.39 is 24.2 Å². The lowest BCUT2D eigenvalue weighted by Gasteiger charge is -2.27. The van der Waals surface area contributed by atoms with Gasteiger partial charge in [0.2, 0.25) is 0 Å². The summed E-state index contributed by atoms with van der Waals surface area (Å²) in [7, 11) is 0.968. The third kappa shape index (κ3) is 151. The van der Waals surface area contributed by atoms with Crippen LogP contribution in [-0.2, 0) is 0 Å². The molecule has 0 fully saturated rings. The van der Waals surface area contributed by atoms with E-state index in [1.165, 1.54) is 49.5 Å². The Balaban J connectivity index is -0.0000000126. The first kappa shape index (κ1) is 112. The Labute approximate surface area is 281 Å². The number of hydrogen-bond acceptors (Lipinski definition) is 3. The highest BCUT2D eigenvalue weighted by Crippen LogP contribution is 2.25. The van der Waals surface area contributed by atoms with E-state index in [-0.39, 0.29) is 57.1 Å². The molecule has 0 aliphatic heterocycles. The molecule has 13 N–H and O–H groups in total. The normalized spacial score (nSPS) is 7.40. The second kappa shape index (κ2) is 96.8. The molecule has 0 heterocycles. The molecule has 0 spiro atoms. The molecule has 0 bridgehead atoms. The van der Waals surface area contributed by atoms with E-state index in [0.717, 1.165) is 21.3 Å². The van der Waals surface area contributed by atoms with Gasteiger partial charge in [0.1, 0.15) is 0 Å². The van der Waals surface area contributed by atoms with Gasteiger partial charge in [-0.15, -0.1) is 0 Å². The highest BCUT2D eigenvalue weighted by atomic mass is 28.3. The van der Waals surface area contributed by atoms with Gasteiger partial charge in [-0.05, 0) is 0 Å². The fourth-order valence-electron chi connectivity index (χ4n) is 3.31. The molecule has 0 atom stereocenters. The van der Waals surface area contributed by atoms with Crippen LogP contribution >= 0.6 is 0 Å². The van der Waals surface area contributed by atoms with E-state index in [4.69, 9.17) is 15.3 Å². The zero-order valence-electron chi connectivity index (χ0n) is 30.7. The number of hydrogen-bond donors (Lipinski definition) is 3. The van der Waals surface area contributed by atoms with Crippen LogP contribution in [-0.4, -0.2) is 88.3 Å². The molecular weight excluding hydrogens is 597 g/mol. The largest absolute Gasteiger partial charge is 0.412 e. The van der Waals surface area contributed by atoms with Gasteiger partial charge >= 0.3 is 0 Å². The van der Waals surface area contributed by atoms with Crippen LogP contribution in [0.5, 0.6) is 0 Å². The molecule has 11 heteroatoms. The van der Waals surface area contributed by atoms with E-state index in [1.807, 2.05) is 27.7 Å². The molecule has 292 valence electrons. The number of aliphatic hydroxyl groups is 3. The lowest BCUT2D eigenvalue weighted by molar-refractivity contribution is 0.399. The first-order valence-electron chi connectivity index (χ1n) is 14.2. The fourth-order valence-corrected chi connectivity index (χ4v) is 9.93. The van der Waals surface area contributed by atoms with Crippen molar-refractivity contribution in [1.82, 2.24) is 0 Å². The molecule has 8 nitrogen and oxygen atoms in total. The summed E-state index contributed by atoms with van der Waals surface area (Å²) in [6, 6.07) is 8.99. The average Bonchev–Trinajstić information content (AvgIpc) is 2.83. The van der Waals surface area contributed by atoms with Crippen molar-refractivity contribution in [2.75, 3.05) is 21.3 Å². The van der Waals surface area contributed by atoms with Crippen molar-refractivity contribution >= 4 is 24.2 Å². The first-order valence-corrected chi connectivity index (χ1v) is 24.4. The smallest absolute Gasteiger partial charge is 0.0527 e. The topological polar surface area (TPSA) is 218 Å². The van der Waals surface area contributed by atoms with Crippen molar-refractivity contribution in [2.45, 2.75) is 194 Å². The van der Waals surface area contributed by atoms with Crippen molar-refractivity contribution in [3.8, 4) is 0 Å². The third-order valence-electron chi connectivity index (χ3n) is 5.03. The summed E-state index contributed by atoms with van der Waals surface area (Å²) in [6.45, 7) is 36.5. The summed E-state index contributed by atoms with van der Waals surface area (Å²) in [5.74, 6) is 0. The zero-order chi connectivity index (χ0) is 29.9. The van der Waals surface area contributed by atoms with Gasteiger partial charge in [0, 0.05) is 37.5 Å². The van der Waals surface area contributed by atoms with Crippen LogP contribution in [0.1, 0.15) is 118 Å². The Hall–Kier alpha value is 0.331. The molecule has 0 aliphatic rings. The molecule has 0 aromatic carbocycles. The zero-order valence-corrected chi connectivity index (χ0v) is 33.7. The van der Waals surface area contributed by atoms with Crippen LogP contribution in [0.3, 0.4) is 0 Å².